The van der Waals surface area contributed by atoms with Gasteiger partial charge in [0.2, 0.25) is 0 Å². The Hall–Kier alpha value is -3.08. The molecule has 2 aromatic rings. The van der Waals surface area contributed by atoms with Gasteiger partial charge in [0.25, 0.3) is 5.91 Å². The molecule has 0 aliphatic carbocycles. The first-order chi connectivity index (χ1) is 11.3. The number of methoxy groups -OCH3 is 1. The minimum Gasteiger partial charge on any atom is -0.495 e. The van der Waals surface area contributed by atoms with E-state index in [0.29, 0.717) is 22.7 Å². The Morgan fingerprint density at radius 3 is 2.87 bits per heavy atom. The number of nitrogens with one attached hydrogen (secondary N) is 2. The Morgan fingerprint density at radius 1 is 1.22 bits per heavy atom. The van der Waals surface area contributed by atoms with Gasteiger partial charge in [0.05, 0.1) is 30.1 Å². The van der Waals surface area contributed by atoms with E-state index in [1.807, 2.05) is 36.6 Å². The molecule has 1 unspecified atom stereocenters. The van der Waals surface area contributed by atoms with Crippen LogP contribution in [0, 0.1) is 0 Å². The minimum atomic E-state index is -0.220. The second-order valence-electron chi connectivity index (χ2n) is 4.98. The van der Waals surface area contributed by atoms with Crippen LogP contribution in [0.5, 0.6) is 5.75 Å². The number of carbonyl (C=O) groups is 1. The Bertz CT molecular complexity index is 768. The van der Waals surface area contributed by atoms with E-state index in [-0.39, 0.29) is 11.9 Å². The number of hydrogen-bond donors (Lipinski definition) is 2. The van der Waals surface area contributed by atoms with Crippen LogP contribution in [-0.4, -0.2) is 18.0 Å². The molecule has 1 aromatic carbocycles. The van der Waals surface area contributed by atoms with Crippen molar-refractivity contribution >= 4 is 11.6 Å². The summed E-state index contributed by atoms with van der Waals surface area (Å²) in [4.78, 5) is 17.0. The fourth-order valence-electron chi connectivity index (χ4n) is 2.41. The fourth-order valence-corrected chi connectivity index (χ4v) is 2.41. The van der Waals surface area contributed by atoms with Crippen LogP contribution >= 0.6 is 0 Å². The molecule has 5 nitrogen and oxygen atoms in total. The van der Waals surface area contributed by atoms with Gasteiger partial charge in [0.1, 0.15) is 5.75 Å². The standard InChI is InChI=1S/C18H17N3O2/c1-23-16-10-3-2-8-14(16)21-18(22)13-7-6-12-20-17(13)15-9-4-5-11-19-15/h2-12,15,19H,1H3,(H,21,22). The van der Waals surface area contributed by atoms with E-state index in [4.69, 9.17) is 4.74 Å². The van der Waals surface area contributed by atoms with Gasteiger partial charge in [-0.25, -0.2) is 0 Å². The second kappa shape index (κ2) is 6.79. The predicted octanol–water partition coefficient (Wildman–Crippen LogP) is 3.06. The quantitative estimate of drug-likeness (QED) is 0.911. The summed E-state index contributed by atoms with van der Waals surface area (Å²) < 4.78 is 5.27. The molecule has 2 heterocycles. The van der Waals surface area contributed by atoms with Gasteiger partial charge in [0, 0.05) is 6.20 Å². The van der Waals surface area contributed by atoms with E-state index >= 15 is 0 Å². The third kappa shape index (κ3) is 3.23. The number of benzene rings is 1. The molecule has 0 fully saturated rings. The maximum absolute atomic E-state index is 12.7. The third-order valence-electron chi connectivity index (χ3n) is 3.52. The summed E-state index contributed by atoms with van der Waals surface area (Å²) >= 11 is 0. The molecule has 0 radical (unpaired) electrons. The van der Waals surface area contributed by atoms with Crippen molar-refractivity contribution in [3.05, 3.63) is 78.3 Å². The largest absolute Gasteiger partial charge is 0.495 e. The van der Waals surface area contributed by atoms with Gasteiger partial charge in [-0.3, -0.25) is 9.78 Å². The van der Waals surface area contributed by atoms with Crippen molar-refractivity contribution in [3.63, 3.8) is 0 Å². The molecule has 0 saturated carbocycles. The lowest BCUT2D eigenvalue weighted by atomic mass is 10.0. The maximum Gasteiger partial charge on any atom is 0.257 e. The molecule has 0 bridgehead atoms. The van der Waals surface area contributed by atoms with Gasteiger partial charge in [0.15, 0.2) is 0 Å². The Morgan fingerprint density at radius 2 is 2.09 bits per heavy atom. The maximum atomic E-state index is 12.7. The highest BCUT2D eigenvalue weighted by atomic mass is 16.5. The zero-order valence-corrected chi connectivity index (χ0v) is 12.7. The summed E-state index contributed by atoms with van der Waals surface area (Å²) in [7, 11) is 1.57. The van der Waals surface area contributed by atoms with Crippen LogP contribution in [0.2, 0.25) is 0 Å². The molecule has 1 aliphatic rings. The molecule has 0 saturated heterocycles. The topological polar surface area (TPSA) is 63.2 Å². The van der Waals surface area contributed by atoms with Crippen molar-refractivity contribution in [1.29, 1.82) is 0 Å². The van der Waals surface area contributed by atoms with Crippen LogP contribution in [0.3, 0.4) is 0 Å². The molecular weight excluding hydrogens is 290 g/mol. The molecular formula is C18H17N3O2. The van der Waals surface area contributed by atoms with Crippen LogP contribution < -0.4 is 15.4 Å². The number of dihydropyridines is 1. The zero-order valence-electron chi connectivity index (χ0n) is 12.7. The molecule has 1 aliphatic heterocycles. The van der Waals surface area contributed by atoms with E-state index < -0.39 is 0 Å². The van der Waals surface area contributed by atoms with Crippen molar-refractivity contribution in [3.8, 4) is 5.75 Å². The highest BCUT2D eigenvalue weighted by Gasteiger charge is 2.19. The predicted molar refractivity (Wildman–Crippen MR) is 89.3 cm³/mol. The zero-order chi connectivity index (χ0) is 16.1. The summed E-state index contributed by atoms with van der Waals surface area (Å²) in [5, 5.41) is 6.07. The molecule has 5 heteroatoms. The third-order valence-corrected chi connectivity index (χ3v) is 3.52. The normalized spacial score (nSPS) is 15.8. The summed E-state index contributed by atoms with van der Waals surface area (Å²) in [6, 6.07) is 10.7. The van der Waals surface area contributed by atoms with Gasteiger partial charge in [-0.15, -0.1) is 0 Å². The first-order valence-electron chi connectivity index (χ1n) is 7.28. The molecule has 1 aromatic heterocycles. The lowest BCUT2D eigenvalue weighted by Crippen LogP contribution is -2.22. The molecule has 3 rings (SSSR count). The molecule has 1 amide bonds. The number of ether oxygens (including phenoxy) is 1. The minimum absolute atomic E-state index is 0.125. The van der Waals surface area contributed by atoms with Gasteiger partial charge >= 0.3 is 0 Å². The van der Waals surface area contributed by atoms with Crippen molar-refractivity contribution in [2.24, 2.45) is 0 Å². The van der Waals surface area contributed by atoms with Gasteiger partial charge < -0.3 is 15.4 Å². The van der Waals surface area contributed by atoms with Crippen LogP contribution in [0.15, 0.2) is 67.0 Å². The summed E-state index contributed by atoms with van der Waals surface area (Å²) in [5.74, 6) is 0.396. The monoisotopic (exact) mass is 307 g/mol. The van der Waals surface area contributed by atoms with Crippen molar-refractivity contribution in [2.45, 2.75) is 6.04 Å². The van der Waals surface area contributed by atoms with Crippen LogP contribution in [0.25, 0.3) is 0 Å². The highest BCUT2D eigenvalue weighted by Crippen LogP contribution is 2.25. The number of allylic oxidation sites excluding steroid dienone is 2. The Kier molecular flexibility index (Phi) is 4.38. The molecule has 0 spiro atoms. The van der Waals surface area contributed by atoms with Gasteiger partial charge in [-0.05, 0) is 36.5 Å². The van der Waals surface area contributed by atoms with Crippen molar-refractivity contribution in [2.75, 3.05) is 12.4 Å². The number of anilines is 1. The first-order valence-corrected chi connectivity index (χ1v) is 7.28. The van der Waals surface area contributed by atoms with Crippen LogP contribution in [-0.2, 0) is 0 Å². The number of aromatic nitrogens is 1. The number of amides is 1. The average molecular weight is 307 g/mol. The van der Waals surface area contributed by atoms with Gasteiger partial charge in [-0.1, -0.05) is 24.3 Å². The average Bonchev–Trinajstić information content (AvgIpc) is 2.63. The van der Waals surface area contributed by atoms with E-state index in [0.717, 1.165) is 0 Å². The summed E-state index contributed by atoms with van der Waals surface area (Å²) in [6.45, 7) is 0. The summed E-state index contributed by atoms with van der Waals surface area (Å²) in [5.41, 5.74) is 1.83. The molecule has 116 valence electrons. The second-order valence-corrected chi connectivity index (χ2v) is 4.98. The van der Waals surface area contributed by atoms with Crippen LogP contribution in [0.4, 0.5) is 5.69 Å². The van der Waals surface area contributed by atoms with E-state index in [1.54, 1.807) is 37.6 Å². The lowest BCUT2D eigenvalue weighted by molar-refractivity contribution is 0.102. The van der Waals surface area contributed by atoms with Gasteiger partial charge in [-0.2, -0.15) is 0 Å². The number of rotatable bonds is 4. The SMILES string of the molecule is COc1ccccc1NC(=O)c1cccnc1C1C=CC=CN1. The molecule has 1 atom stereocenters. The van der Waals surface area contributed by atoms with Crippen molar-refractivity contribution < 1.29 is 9.53 Å². The number of hydrogen-bond acceptors (Lipinski definition) is 4. The lowest BCUT2D eigenvalue weighted by Gasteiger charge is -2.18. The summed E-state index contributed by atoms with van der Waals surface area (Å²) in [6.07, 6.45) is 9.30. The first kappa shape index (κ1) is 14.8. The number of pyridine rings is 1. The molecule has 2 N–H and O–H groups in total. The molecule has 23 heavy (non-hydrogen) atoms. The number of nitrogens with zero attached hydrogens (tertiary/aromatic N) is 1. The highest BCUT2D eigenvalue weighted by molar-refractivity contribution is 6.05. The van der Waals surface area contributed by atoms with Crippen molar-refractivity contribution in [1.82, 2.24) is 10.3 Å². The Balaban J connectivity index is 1.88. The number of carbonyl (C=O) groups excluding carboxylic acids is 1. The Labute approximate surface area is 134 Å². The smallest absolute Gasteiger partial charge is 0.257 e. The van der Waals surface area contributed by atoms with E-state index in [1.165, 1.54) is 0 Å². The van der Waals surface area contributed by atoms with E-state index in [2.05, 4.69) is 15.6 Å². The fraction of sp³-hybridized carbons (Fsp3) is 0.111. The van der Waals surface area contributed by atoms with Crippen LogP contribution in [0.1, 0.15) is 22.1 Å². The van der Waals surface area contributed by atoms with E-state index in [9.17, 15) is 4.79 Å². The number of para-hydroxylation sites is 2.